The van der Waals surface area contributed by atoms with Crippen molar-refractivity contribution in [2.24, 2.45) is 11.3 Å². The van der Waals surface area contributed by atoms with E-state index in [9.17, 15) is 14.7 Å². The number of fused-ring (bicyclic) bond motifs is 3. The minimum absolute atomic E-state index is 0.221. The predicted octanol–water partition coefficient (Wildman–Crippen LogP) is 3.74. The topological polar surface area (TPSA) is 72.2 Å². The van der Waals surface area contributed by atoms with Gasteiger partial charge in [0.1, 0.15) is 16.2 Å². The number of nitrogens with zero attached hydrogens (tertiary/aromatic N) is 2. The molecule has 1 unspecified atom stereocenters. The number of aromatic nitrogens is 2. The van der Waals surface area contributed by atoms with Crippen molar-refractivity contribution in [3.63, 3.8) is 0 Å². The molecule has 0 saturated heterocycles. The van der Waals surface area contributed by atoms with Crippen LogP contribution in [0.1, 0.15) is 57.3 Å². The Labute approximate surface area is 151 Å². The highest BCUT2D eigenvalue weighted by atomic mass is 32.1. The molecule has 0 bridgehead atoms. The molecular weight excluding hydrogens is 336 g/mol. The molecule has 1 aliphatic rings. The van der Waals surface area contributed by atoms with Gasteiger partial charge in [-0.3, -0.25) is 9.36 Å². The Morgan fingerprint density at radius 2 is 1.92 bits per heavy atom. The highest BCUT2D eigenvalue weighted by Crippen LogP contribution is 2.42. The van der Waals surface area contributed by atoms with Crippen LogP contribution in [0.2, 0.25) is 0 Å². The second kappa shape index (κ2) is 5.66. The van der Waals surface area contributed by atoms with Gasteiger partial charge in [-0.05, 0) is 56.9 Å². The molecule has 1 aliphatic carbocycles. The number of thiophene rings is 1. The van der Waals surface area contributed by atoms with Gasteiger partial charge in [0.15, 0.2) is 0 Å². The van der Waals surface area contributed by atoms with Crippen molar-refractivity contribution in [3.8, 4) is 0 Å². The zero-order valence-corrected chi connectivity index (χ0v) is 16.6. The normalized spacial score (nSPS) is 18.4. The van der Waals surface area contributed by atoms with Gasteiger partial charge in [0.25, 0.3) is 5.56 Å². The zero-order chi connectivity index (χ0) is 18.7. The van der Waals surface area contributed by atoms with E-state index >= 15 is 0 Å². The summed E-state index contributed by atoms with van der Waals surface area (Å²) < 4.78 is 1.33. The van der Waals surface area contributed by atoms with Crippen LogP contribution in [-0.2, 0) is 23.2 Å². The van der Waals surface area contributed by atoms with Gasteiger partial charge in [0.2, 0.25) is 0 Å². The summed E-state index contributed by atoms with van der Waals surface area (Å²) in [6.45, 7) is 11.6. The molecule has 2 heterocycles. The molecule has 2 aromatic rings. The fourth-order valence-electron chi connectivity index (χ4n) is 3.82. The largest absolute Gasteiger partial charge is 0.480 e. The molecule has 2 aromatic heterocycles. The summed E-state index contributed by atoms with van der Waals surface area (Å²) in [6.07, 6.45) is 2.89. The summed E-state index contributed by atoms with van der Waals surface area (Å²) in [5.41, 5.74) is -0.211. The van der Waals surface area contributed by atoms with Crippen LogP contribution in [0.15, 0.2) is 4.79 Å². The fraction of sp³-hybridized carbons (Fsp3) is 0.632. The smallest absolute Gasteiger partial charge is 0.329 e. The van der Waals surface area contributed by atoms with E-state index in [4.69, 9.17) is 0 Å². The Hall–Kier alpha value is -1.69. The van der Waals surface area contributed by atoms with Crippen LogP contribution in [0.25, 0.3) is 10.2 Å². The molecular formula is C19H26N2O3S. The van der Waals surface area contributed by atoms with Crippen molar-refractivity contribution < 1.29 is 9.90 Å². The van der Waals surface area contributed by atoms with Crippen molar-refractivity contribution in [2.75, 3.05) is 0 Å². The van der Waals surface area contributed by atoms with Crippen LogP contribution in [0.5, 0.6) is 0 Å². The summed E-state index contributed by atoms with van der Waals surface area (Å²) in [5, 5.41) is 10.2. The molecule has 0 aliphatic heterocycles. The Morgan fingerprint density at radius 3 is 2.48 bits per heavy atom. The minimum Gasteiger partial charge on any atom is -0.480 e. The lowest BCUT2D eigenvalue weighted by Gasteiger charge is -2.33. The van der Waals surface area contributed by atoms with Gasteiger partial charge >= 0.3 is 5.97 Å². The van der Waals surface area contributed by atoms with Crippen molar-refractivity contribution in [3.05, 3.63) is 26.6 Å². The lowest BCUT2D eigenvalue weighted by atomic mass is 9.72. The summed E-state index contributed by atoms with van der Waals surface area (Å²) in [4.78, 5) is 31.4. The van der Waals surface area contributed by atoms with Gasteiger partial charge in [-0.15, -0.1) is 11.3 Å². The number of rotatable bonds is 2. The average Bonchev–Trinajstić information content (AvgIpc) is 2.82. The predicted molar refractivity (Wildman–Crippen MR) is 101 cm³/mol. The van der Waals surface area contributed by atoms with E-state index in [1.54, 1.807) is 32.1 Å². The summed E-state index contributed by atoms with van der Waals surface area (Å²) >= 11 is 1.60. The Morgan fingerprint density at radius 1 is 1.28 bits per heavy atom. The van der Waals surface area contributed by atoms with Crippen molar-refractivity contribution in [2.45, 2.75) is 66.3 Å². The number of carboxylic acid groups (broad SMARTS) is 1. The van der Waals surface area contributed by atoms with Crippen LogP contribution >= 0.6 is 11.3 Å². The van der Waals surface area contributed by atoms with Crippen LogP contribution in [0.3, 0.4) is 0 Å². The Balaban J connectivity index is 2.22. The maximum absolute atomic E-state index is 13.2. The molecule has 0 aromatic carbocycles. The van der Waals surface area contributed by atoms with E-state index in [0.29, 0.717) is 17.1 Å². The quantitative estimate of drug-likeness (QED) is 0.883. The van der Waals surface area contributed by atoms with E-state index in [2.05, 4.69) is 25.8 Å². The monoisotopic (exact) mass is 362 g/mol. The van der Waals surface area contributed by atoms with E-state index in [1.807, 2.05) is 0 Å². The zero-order valence-electron chi connectivity index (χ0n) is 15.8. The van der Waals surface area contributed by atoms with Crippen molar-refractivity contribution >= 4 is 27.5 Å². The van der Waals surface area contributed by atoms with Gasteiger partial charge < -0.3 is 5.11 Å². The van der Waals surface area contributed by atoms with E-state index in [0.717, 1.165) is 29.7 Å². The molecule has 6 heteroatoms. The van der Waals surface area contributed by atoms with Crippen molar-refractivity contribution in [1.82, 2.24) is 9.55 Å². The molecule has 0 saturated carbocycles. The maximum atomic E-state index is 13.2. The first kappa shape index (κ1) is 18.1. The number of aliphatic carboxylic acids is 1. The average molecular weight is 362 g/mol. The molecule has 0 radical (unpaired) electrons. The van der Waals surface area contributed by atoms with Crippen LogP contribution in [0.4, 0.5) is 0 Å². The van der Waals surface area contributed by atoms with Crippen molar-refractivity contribution in [1.29, 1.82) is 0 Å². The first-order valence-electron chi connectivity index (χ1n) is 8.72. The molecule has 3 rings (SSSR count). The molecule has 0 amide bonds. The molecule has 0 spiro atoms. The highest BCUT2D eigenvalue weighted by molar-refractivity contribution is 7.18. The summed E-state index contributed by atoms with van der Waals surface area (Å²) in [5.74, 6) is 0.0125. The molecule has 5 nitrogen and oxygen atoms in total. The Bertz CT molecular complexity index is 915. The first-order chi connectivity index (χ1) is 11.4. The van der Waals surface area contributed by atoms with E-state index in [1.165, 1.54) is 9.44 Å². The summed E-state index contributed by atoms with van der Waals surface area (Å²) in [7, 11) is 0. The van der Waals surface area contributed by atoms with Crippen LogP contribution in [-0.4, -0.2) is 20.6 Å². The number of aryl methyl sites for hydroxylation is 2. The third-order valence-corrected chi connectivity index (χ3v) is 6.71. The maximum Gasteiger partial charge on any atom is 0.329 e. The molecule has 0 fully saturated rings. The Kier molecular flexibility index (Phi) is 4.10. The van der Waals surface area contributed by atoms with Gasteiger partial charge in [0, 0.05) is 4.88 Å². The van der Waals surface area contributed by atoms with Crippen LogP contribution < -0.4 is 5.56 Å². The van der Waals surface area contributed by atoms with E-state index < -0.39 is 11.5 Å². The van der Waals surface area contributed by atoms with E-state index in [-0.39, 0.29) is 11.0 Å². The fourth-order valence-corrected chi connectivity index (χ4v) is 5.16. The lowest BCUT2D eigenvalue weighted by Crippen LogP contribution is -2.44. The van der Waals surface area contributed by atoms with Crippen LogP contribution in [0, 0.1) is 18.3 Å². The first-order valence-corrected chi connectivity index (χ1v) is 9.54. The number of hydrogen-bond acceptors (Lipinski definition) is 4. The van der Waals surface area contributed by atoms with Gasteiger partial charge in [-0.1, -0.05) is 20.8 Å². The number of hydrogen-bond donors (Lipinski definition) is 1. The van der Waals surface area contributed by atoms with Gasteiger partial charge in [-0.25, -0.2) is 9.78 Å². The third-order valence-electron chi connectivity index (χ3n) is 5.56. The summed E-state index contributed by atoms with van der Waals surface area (Å²) in [6, 6.07) is 0. The second-order valence-corrected chi connectivity index (χ2v) is 9.74. The second-order valence-electron chi connectivity index (χ2n) is 8.65. The third kappa shape index (κ3) is 2.80. The SMILES string of the molecule is Cc1nc2sc3c(c2c(=O)n1C(C)(C)C(=O)O)CCC(C(C)(C)C)C3. The number of carboxylic acids is 1. The molecule has 25 heavy (non-hydrogen) atoms. The molecule has 1 N–H and O–H groups in total. The standard InChI is InChI=1S/C19H26N2O3S/c1-10-20-15-14(16(22)21(10)19(5,6)17(23)24)12-8-7-11(18(2,3)4)9-13(12)25-15/h11H,7-9H2,1-6H3,(H,23,24). The molecule has 136 valence electrons. The van der Waals surface area contributed by atoms with Gasteiger partial charge in [-0.2, -0.15) is 0 Å². The molecule has 1 atom stereocenters. The lowest BCUT2D eigenvalue weighted by molar-refractivity contribution is -0.145. The highest BCUT2D eigenvalue weighted by Gasteiger charge is 2.35. The number of carbonyl (C=O) groups is 1. The minimum atomic E-state index is -1.32. The van der Waals surface area contributed by atoms with Gasteiger partial charge in [0.05, 0.1) is 5.39 Å².